The largest absolute Gasteiger partial charge is 0.368 e. The molecule has 0 saturated heterocycles. The average molecular weight is 241 g/mol. The van der Waals surface area contributed by atoms with E-state index in [4.69, 9.17) is 11.5 Å². The van der Waals surface area contributed by atoms with E-state index in [-0.39, 0.29) is 6.04 Å². The summed E-state index contributed by atoms with van der Waals surface area (Å²) in [5, 5.41) is 0. The monoisotopic (exact) mass is 241 g/mol. The number of primary amides is 1. The van der Waals surface area contributed by atoms with Crippen LogP contribution in [0.1, 0.15) is 46.0 Å². The Kier molecular flexibility index (Phi) is 4.95. The Balaban J connectivity index is 2.40. The van der Waals surface area contributed by atoms with Crippen LogP contribution in [0.2, 0.25) is 0 Å². The molecule has 0 aliphatic heterocycles. The van der Waals surface area contributed by atoms with Crippen LogP contribution in [-0.4, -0.2) is 36.0 Å². The Bertz CT molecular complexity index is 259. The number of amides is 1. The molecule has 17 heavy (non-hydrogen) atoms. The van der Waals surface area contributed by atoms with Crippen LogP contribution in [-0.2, 0) is 4.79 Å². The number of rotatable bonds is 6. The predicted octanol–water partition coefficient (Wildman–Crippen LogP) is 1.09. The van der Waals surface area contributed by atoms with Crippen LogP contribution in [0.15, 0.2) is 0 Å². The summed E-state index contributed by atoms with van der Waals surface area (Å²) in [7, 11) is 2.11. The molecule has 1 aliphatic rings. The summed E-state index contributed by atoms with van der Waals surface area (Å²) < 4.78 is 0. The predicted molar refractivity (Wildman–Crippen MR) is 70.5 cm³/mol. The van der Waals surface area contributed by atoms with Crippen molar-refractivity contribution in [2.75, 3.05) is 13.6 Å². The maximum Gasteiger partial charge on any atom is 0.237 e. The van der Waals surface area contributed by atoms with Gasteiger partial charge < -0.3 is 16.4 Å². The SMILES string of the molecule is CC(CC(C)(N)C(N)=O)N(C)CC1CCCC1. The second-order valence-corrected chi connectivity index (χ2v) is 5.92. The summed E-state index contributed by atoms with van der Waals surface area (Å²) >= 11 is 0. The fraction of sp³-hybridized carbons (Fsp3) is 0.923. The first-order valence-corrected chi connectivity index (χ1v) is 6.62. The molecular weight excluding hydrogens is 214 g/mol. The lowest BCUT2D eigenvalue weighted by molar-refractivity contribution is -0.123. The van der Waals surface area contributed by atoms with Gasteiger partial charge in [0.05, 0.1) is 5.54 Å². The van der Waals surface area contributed by atoms with Gasteiger partial charge in [-0.05, 0) is 46.1 Å². The van der Waals surface area contributed by atoms with Crippen molar-refractivity contribution in [3.63, 3.8) is 0 Å². The van der Waals surface area contributed by atoms with Gasteiger partial charge in [0.1, 0.15) is 0 Å². The van der Waals surface area contributed by atoms with Crippen molar-refractivity contribution in [1.29, 1.82) is 0 Å². The van der Waals surface area contributed by atoms with Crippen molar-refractivity contribution in [2.24, 2.45) is 17.4 Å². The highest BCUT2D eigenvalue weighted by molar-refractivity contribution is 5.83. The average Bonchev–Trinajstić information content (AvgIpc) is 2.69. The highest BCUT2D eigenvalue weighted by atomic mass is 16.1. The quantitative estimate of drug-likeness (QED) is 0.731. The van der Waals surface area contributed by atoms with Crippen LogP contribution in [0.3, 0.4) is 0 Å². The molecule has 0 bridgehead atoms. The van der Waals surface area contributed by atoms with Gasteiger partial charge in [0, 0.05) is 12.6 Å². The van der Waals surface area contributed by atoms with E-state index in [1.54, 1.807) is 6.92 Å². The van der Waals surface area contributed by atoms with Gasteiger partial charge in [-0.2, -0.15) is 0 Å². The van der Waals surface area contributed by atoms with E-state index in [2.05, 4.69) is 18.9 Å². The number of carbonyl (C=O) groups is 1. The molecule has 0 aromatic heterocycles. The molecule has 1 saturated carbocycles. The normalized spacial score (nSPS) is 22.6. The van der Waals surface area contributed by atoms with Gasteiger partial charge in [0.25, 0.3) is 0 Å². The molecule has 1 aliphatic carbocycles. The summed E-state index contributed by atoms with van der Waals surface area (Å²) in [6.07, 6.45) is 6.02. The molecule has 4 nitrogen and oxygen atoms in total. The van der Waals surface area contributed by atoms with Crippen LogP contribution >= 0.6 is 0 Å². The molecule has 1 fully saturated rings. The van der Waals surface area contributed by atoms with Crippen molar-refractivity contribution in [1.82, 2.24) is 4.90 Å². The number of carbonyl (C=O) groups excluding carboxylic acids is 1. The fourth-order valence-electron chi connectivity index (χ4n) is 2.65. The molecule has 0 aromatic rings. The molecular formula is C13H27N3O. The van der Waals surface area contributed by atoms with E-state index in [0.29, 0.717) is 6.42 Å². The van der Waals surface area contributed by atoms with Crippen LogP contribution < -0.4 is 11.5 Å². The molecule has 1 rings (SSSR count). The van der Waals surface area contributed by atoms with Gasteiger partial charge in [-0.3, -0.25) is 4.79 Å². The smallest absolute Gasteiger partial charge is 0.237 e. The van der Waals surface area contributed by atoms with E-state index in [1.165, 1.54) is 25.7 Å². The summed E-state index contributed by atoms with van der Waals surface area (Å²) in [5.41, 5.74) is 10.3. The summed E-state index contributed by atoms with van der Waals surface area (Å²) in [6.45, 7) is 4.94. The minimum absolute atomic E-state index is 0.290. The first-order valence-electron chi connectivity index (χ1n) is 6.62. The Morgan fingerprint density at radius 3 is 2.47 bits per heavy atom. The molecule has 4 heteroatoms. The van der Waals surface area contributed by atoms with Crippen LogP contribution in [0.25, 0.3) is 0 Å². The van der Waals surface area contributed by atoms with E-state index >= 15 is 0 Å². The summed E-state index contributed by atoms with van der Waals surface area (Å²) in [6, 6.07) is 0.290. The van der Waals surface area contributed by atoms with Crippen LogP contribution in [0, 0.1) is 5.92 Å². The maximum atomic E-state index is 11.2. The minimum Gasteiger partial charge on any atom is -0.368 e. The highest BCUT2D eigenvalue weighted by Crippen LogP contribution is 2.26. The minimum atomic E-state index is -0.899. The molecule has 0 aromatic carbocycles. The van der Waals surface area contributed by atoms with E-state index in [1.807, 2.05) is 0 Å². The molecule has 2 unspecified atom stereocenters. The summed E-state index contributed by atoms with van der Waals surface area (Å²) in [5.74, 6) is 0.402. The molecule has 100 valence electrons. The Morgan fingerprint density at radius 2 is 2.00 bits per heavy atom. The molecule has 0 heterocycles. The van der Waals surface area contributed by atoms with E-state index in [0.717, 1.165) is 12.5 Å². The van der Waals surface area contributed by atoms with Crippen molar-refractivity contribution in [2.45, 2.75) is 57.5 Å². The fourth-order valence-corrected chi connectivity index (χ4v) is 2.65. The number of hydrogen-bond donors (Lipinski definition) is 2. The van der Waals surface area contributed by atoms with Gasteiger partial charge in [0.15, 0.2) is 0 Å². The first kappa shape index (κ1) is 14.5. The number of nitrogens with two attached hydrogens (primary N) is 2. The van der Waals surface area contributed by atoms with Crippen LogP contribution in [0.5, 0.6) is 0 Å². The Morgan fingerprint density at radius 1 is 1.47 bits per heavy atom. The van der Waals surface area contributed by atoms with E-state index in [9.17, 15) is 4.79 Å². The third-order valence-electron chi connectivity index (χ3n) is 4.06. The van der Waals surface area contributed by atoms with Gasteiger partial charge in [0.2, 0.25) is 5.91 Å². The first-order chi connectivity index (χ1) is 7.83. The lowest BCUT2D eigenvalue weighted by Crippen LogP contribution is -2.53. The third kappa shape index (κ3) is 4.28. The number of nitrogens with zero attached hydrogens (tertiary/aromatic N) is 1. The zero-order chi connectivity index (χ0) is 13.1. The standard InChI is InChI=1S/C13H27N3O/c1-10(8-13(2,15)12(14)17)16(3)9-11-6-4-5-7-11/h10-11H,4-9,15H2,1-3H3,(H2,14,17). The molecule has 0 radical (unpaired) electrons. The topological polar surface area (TPSA) is 72.3 Å². The second-order valence-electron chi connectivity index (χ2n) is 5.92. The Hall–Kier alpha value is -0.610. The molecule has 1 amide bonds. The summed E-state index contributed by atoms with van der Waals surface area (Å²) in [4.78, 5) is 13.5. The van der Waals surface area contributed by atoms with Crippen molar-refractivity contribution >= 4 is 5.91 Å². The van der Waals surface area contributed by atoms with E-state index < -0.39 is 11.4 Å². The lowest BCUT2D eigenvalue weighted by atomic mass is 9.93. The Labute approximate surface area is 105 Å². The van der Waals surface area contributed by atoms with Gasteiger partial charge in [-0.25, -0.2) is 0 Å². The second kappa shape index (κ2) is 5.83. The van der Waals surface area contributed by atoms with Gasteiger partial charge in [-0.1, -0.05) is 12.8 Å². The van der Waals surface area contributed by atoms with Gasteiger partial charge in [-0.15, -0.1) is 0 Å². The molecule has 2 atom stereocenters. The van der Waals surface area contributed by atoms with Crippen LogP contribution in [0.4, 0.5) is 0 Å². The third-order valence-corrected chi connectivity index (χ3v) is 4.06. The lowest BCUT2D eigenvalue weighted by Gasteiger charge is -2.32. The number of hydrogen-bond acceptors (Lipinski definition) is 3. The maximum absolute atomic E-state index is 11.2. The molecule has 0 spiro atoms. The highest BCUT2D eigenvalue weighted by Gasteiger charge is 2.30. The van der Waals surface area contributed by atoms with Crippen molar-refractivity contribution < 1.29 is 4.79 Å². The zero-order valence-electron chi connectivity index (χ0n) is 11.4. The van der Waals surface area contributed by atoms with Gasteiger partial charge >= 0.3 is 0 Å². The van der Waals surface area contributed by atoms with Crippen molar-refractivity contribution in [3.05, 3.63) is 0 Å². The van der Waals surface area contributed by atoms with Crippen molar-refractivity contribution in [3.8, 4) is 0 Å². The zero-order valence-corrected chi connectivity index (χ0v) is 11.4. The molecule has 4 N–H and O–H groups in total.